The molecule has 0 bridgehead atoms. The molecule has 8 nitrogen and oxygen atoms in total. The van der Waals surface area contributed by atoms with Crippen LogP contribution in [0.25, 0.3) is 11.0 Å². The summed E-state index contributed by atoms with van der Waals surface area (Å²) in [4.78, 5) is 12.4. The molecule has 146 valence electrons. The summed E-state index contributed by atoms with van der Waals surface area (Å²) in [7, 11) is 0. The minimum absolute atomic E-state index is 0.124. The summed E-state index contributed by atoms with van der Waals surface area (Å²) in [6.07, 6.45) is 3.34. The van der Waals surface area contributed by atoms with Crippen molar-refractivity contribution in [2.45, 2.75) is 19.1 Å². The molecular formula is C21H18N4O4. The summed E-state index contributed by atoms with van der Waals surface area (Å²) >= 11 is 0. The van der Waals surface area contributed by atoms with Gasteiger partial charge in [0.05, 0.1) is 24.8 Å². The maximum Gasteiger partial charge on any atom is 0.230 e. The predicted octanol–water partition coefficient (Wildman–Crippen LogP) is 3.05. The second-order valence-corrected chi connectivity index (χ2v) is 6.80. The monoisotopic (exact) mass is 390 g/mol. The van der Waals surface area contributed by atoms with Gasteiger partial charge < -0.3 is 19.3 Å². The topological polar surface area (TPSA) is 91.4 Å². The number of ether oxygens (including phenoxy) is 2. The maximum atomic E-state index is 12.4. The van der Waals surface area contributed by atoms with Crippen LogP contribution in [-0.4, -0.2) is 33.6 Å². The van der Waals surface area contributed by atoms with E-state index < -0.39 is 0 Å². The van der Waals surface area contributed by atoms with Gasteiger partial charge in [-0.15, -0.1) is 0 Å². The van der Waals surface area contributed by atoms with Gasteiger partial charge in [-0.05, 0) is 24.3 Å². The first-order valence-corrected chi connectivity index (χ1v) is 9.29. The standard InChI is InChI=1S/C21H18N4O4/c26-21(9-17-16-5-1-2-6-18(16)29-24-17)23-14-10-22-25(11-14)12-15-13-27-19-7-3-4-8-20(19)28-15/h1-8,10-11,15H,9,12-13H2,(H,23,26)/t15-/m0/s1. The first-order chi connectivity index (χ1) is 14.2. The summed E-state index contributed by atoms with van der Waals surface area (Å²) in [5, 5.41) is 12.0. The zero-order chi connectivity index (χ0) is 19.6. The molecule has 0 fully saturated rings. The quantitative estimate of drug-likeness (QED) is 0.563. The maximum absolute atomic E-state index is 12.4. The van der Waals surface area contributed by atoms with Crippen LogP contribution in [-0.2, 0) is 17.8 Å². The third-order valence-corrected chi connectivity index (χ3v) is 4.66. The summed E-state index contributed by atoms with van der Waals surface area (Å²) in [6, 6.07) is 15.0. The minimum Gasteiger partial charge on any atom is -0.486 e. The van der Waals surface area contributed by atoms with Crippen molar-refractivity contribution in [3.63, 3.8) is 0 Å². The lowest BCUT2D eigenvalue weighted by Crippen LogP contribution is -2.33. The number of aromatic nitrogens is 3. The third-order valence-electron chi connectivity index (χ3n) is 4.66. The largest absolute Gasteiger partial charge is 0.486 e. The molecule has 8 heteroatoms. The summed E-state index contributed by atoms with van der Waals surface area (Å²) in [5.41, 5.74) is 1.89. The van der Waals surface area contributed by atoms with E-state index in [1.165, 1.54) is 0 Å². The lowest BCUT2D eigenvalue weighted by molar-refractivity contribution is -0.115. The number of nitrogens with one attached hydrogen (secondary N) is 1. The van der Waals surface area contributed by atoms with Crippen molar-refractivity contribution in [3.8, 4) is 11.5 Å². The van der Waals surface area contributed by atoms with E-state index in [0.29, 0.717) is 30.1 Å². The van der Waals surface area contributed by atoms with Gasteiger partial charge in [0, 0.05) is 11.6 Å². The number of hydrogen-bond donors (Lipinski definition) is 1. The zero-order valence-corrected chi connectivity index (χ0v) is 15.4. The molecule has 0 radical (unpaired) electrons. The predicted molar refractivity (Wildman–Crippen MR) is 105 cm³/mol. The van der Waals surface area contributed by atoms with Crippen LogP contribution in [0.4, 0.5) is 5.69 Å². The summed E-state index contributed by atoms with van der Waals surface area (Å²) in [6.45, 7) is 0.954. The van der Waals surface area contributed by atoms with Crippen LogP contribution in [0.3, 0.4) is 0 Å². The van der Waals surface area contributed by atoms with Crippen LogP contribution in [0.5, 0.6) is 11.5 Å². The van der Waals surface area contributed by atoms with E-state index in [1.807, 2.05) is 48.5 Å². The molecule has 4 aromatic rings. The molecule has 0 saturated heterocycles. The van der Waals surface area contributed by atoms with E-state index >= 15 is 0 Å². The molecule has 1 amide bonds. The van der Waals surface area contributed by atoms with Crippen molar-refractivity contribution < 1.29 is 18.8 Å². The molecule has 2 aromatic heterocycles. The average molecular weight is 390 g/mol. The fourth-order valence-electron chi connectivity index (χ4n) is 3.31. The minimum atomic E-state index is -0.185. The molecule has 0 aliphatic carbocycles. The lowest BCUT2D eigenvalue weighted by atomic mass is 10.1. The van der Waals surface area contributed by atoms with E-state index in [0.717, 1.165) is 16.9 Å². The number of para-hydroxylation sites is 3. The van der Waals surface area contributed by atoms with Gasteiger partial charge in [-0.3, -0.25) is 9.48 Å². The lowest BCUT2D eigenvalue weighted by Gasteiger charge is -2.26. The van der Waals surface area contributed by atoms with Gasteiger partial charge in [0.1, 0.15) is 12.3 Å². The van der Waals surface area contributed by atoms with Crippen molar-refractivity contribution in [1.29, 1.82) is 0 Å². The second-order valence-electron chi connectivity index (χ2n) is 6.80. The van der Waals surface area contributed by atoms with E-state index in [4.69, 9.17) is 14.0 Å². The Morgan fingerprint density at radius 1 is 1.14 bits per heavy atom. The molecule has 29 heavy (non-hydrogen) atoms. The van der Waals surface area contributed by atoms with Crippen LogP contribution in [0.1, 0.15) is 5.69 Å². The highest BCUT2D eigenvalue weighted by Crippen LogP contribution is 2.31. The van der Waals surface area contributed by atoms with Gasteiger partial charge in [-0.2, -0.15) is 5.10 Å². The van der Waals surface area contributed by atoms with Crippen LogP contribution < -0.4 is 14.8 Å². The van der Waals surface area contributed by atoms with Crippen LogP contribution in [0, 0.1) is 0 Å². The van der Waals surface area contributed by atoms with E-state index in [-0.39, 0.29) is 18.4 Å². The SMILES string of the molecule is O=C(Cc1noc2ccccc12)Nc1cnn(C[C@H]2COc3ccccc3O2)c1. The first kappa shape index (κ1) is 17.3. The summed E-state index contributed by atoms with van der Waals surface area (Å²) in [5.74, 6) is 1.29. The van der Waals surface area contributed by atoms with E-state index in [9.17, 15) is 4.79 Å². The molecule has 1 N–H and O–H groups in total. The third kappa shape index (κ3) is 3.64. The number of carbonyl (C=O) groups is 1. The average Bonchev–Trinajstić information content (AvgIpc) is 3.35. The molecule has 2 aromatic carbocycles. The highest BCUT2D eigenvalue weighted by molar-refractivity contribution is 5.94. The number of fused-ring (bicyclic) bond motifs is 2. The van der Waals surface area contributed by atoms with E-state index in [2.05, 4.69) is 15.6 Å². The van der Waals surface area contributed by atoms with Gasteiger partial charge >= 0.3 is 0 Å². The molecule has 1 aliphatic heterocycles. The van der Waals surface area contributed by atoms with Gasteiger partial charge in [-0.25, -0.2) is 0 Å². The number of amides is 1. The molecule has 3 heterocycles. The highest BCUT2D eigenvalue weighted by Gasteiger charge is 2.21. The van der Waals surface area contributed by atoms with Crippen LogP contribution >= 0.6 is 0 Å². The summed E-state index contributed by atoms with van der Waals surface area (Å²) < 4.78 is 18.6. The van der Waals surface area contributed by atoms with Gasteiger partial charge in [0.15, 0.2) is 23.2 Å². The second kappa shape index (κ2) is 7.31. The Morgan fingerprint density at radius 3 is 2.90 bits per heavy atom. The molecule has 1 aliphatic rings. The van der Waals surface area contributed by atoms with Crippen LogP contribution in [0.2, 0.25) is 0 Å². The molecule has 0 saturated carbocycles. The molecule has 0 unspecified atom stereocenters. The Morgan fingerprint density at radius 2 is 1.97 bits per heavy atom. The Bertz CT molecular complexity index is 1170. The Balaban J connectivity index is 1.20. The number of nitrogens with zero attached hydrogens (tertiary/aromatic N) is 3. The molecular weight excluding hydrogens is 372 g/mol. The van der Waals surface area contributed by atoms with Gasteiger partial charge in [0.25, 0.3) is 0 Å². The number of benzene rings is 2. The van der Waals surface area contributed by atoms with Crippen LogP contribution in [0.15, 0.2) is 65.4 Å². The number of rotatable bonds is 5. The first-order valence-electron chi connectivity index (χ1n) is 9.29. The van der Waals surface area contributed by atoms with Gasteiger partial charge in [-0.1, -0.05) is 29.4 Å². The van der Waals surface area contributed by atoms with Crippen molar-refractivity contribution in [2.24, 2.45) is 0 Å². The highest BCUT2D eigenvalue weighted by atomic mass is 16.6. The fourth-order valence-corrected chi connectivity index (χ4v) is 3.31. The number of hydrogen-bond acceptors (Lipinski definition) is 6. The Kier molecular flexibility index (Phi) is 4.36. The number of anilines is 1. The zero-order valence-electron chi connectivity index (χ0n) is 15.4. The van der Waals surface area contributed by atoms with E-state index in [1.54, 1.807) is 17.1 Å². The fraction of sp³-hybridized carbons (Fsp3) is 0.190. The Hall–Kier alpha value is -3.81. The Labute approximate surface area is 166 Å². The normalized spacial score (nSPS) is 15.4. The molecule has 1 atom stereocenters. The molecule has 0 spiro atoms. The van der Waals surface area contributed by atoms with Crippen molar-refractivity contribution in [3.05, 3.63) is 66.6 Å². The van der Waals surface area contributed by atoms with Crippen molar-refractivity contribution in [1.82, 2.24) is 14.9 Å². The number of carbonyl (C=O) groups excluding carboxylic acids is 1. The van der Waals surface area contributed by atoms with Crippen molar-refractivity contribution >= 4 is 22.6 Å². The van der Waals surface area contributed by atoms with Crippen molar-refractivity contribution in [2.75, 3.05) is 11.9 Å². The molecule has 5 rings (SSSR count). The smallest absolute Gasteiger partial charge is 0.230 e. The van der Waals surface area contributed by atoms with Gasteiger partial charge in [0.2, 0.25) is 5.91 Å².